The number of carboxylic acid groups (broad SMARTS) is 1. The molecule has 0 spiro atoms. The summed E-state index contributed by atoms with van der Waals surface area (Å²) in [5.74, 6) is 1.92. The third-order valence-electron chi connectivity index (χ3n) is 3.90. The molecule has 2 aliphatic carbocycles. The molecule has 17 heavy (non-hydrogen) atoms. The SMILES string of the molecule is Cn1nc(C2CC2)nc1C1CCC(C(=O)O)C1. The van der Waals surface area contributed by atoms with Gasteiger partial charge in [-0.15, -0.1) is 0 Å². The molecule has 92 valence electrons. The molecule has 1 N–H and O–H groups in total. The van der Waals surface area contributed by atoms with E-state index in [0.29, 0.717) is 12.3 Å². The lowest BCUT2D eigenvalue weighted by Gasteiger charge is -2.07. The predicted octanol–water partition coefficient (Wildman–Crippen LogP) is 1.66. The van der Waals surface area contributed by atoms with E-state index in [0.717, 1.165) is 24.5 Å². The number of aryl methyl sites for hydroxylation is 1. The molecule has 1 aromatic rings. The van der Waals surface area contributed by atoms with Crippen molar-refractivity contribution >= 4 is 5.97 Å². The molecule has 5 nitrogen and oxygen atoms in total. The van der Waals surface area contributed by atoms with Crippen molar-refractivity contribution in [1.82, 2.24) is 14.8 Å². The summed E-state index contributed by atoms with van der Waals surface area (Å²) >= 11 is 0. The molecule has 1 heterocycles. The molecule has 2 unspecified atom stereocenters. The zero-order valence-electron chi connectivity index (χ0n) is 9.96. The molecule has 2 aliphatic rings. The lowest BCUT2D eigenvalue weighted by Crippen LogP contribution is -2.10. The number of nitrogens with zero attached hydrogens (tertiary/aromatic N) is 3. The zero-order chi connectivity index (χ0) is 12.0. The average Bonchev–Trinajstić information content (AvgIpc) is 2.88. The number of hydrogen-bond donors (Lipinski definition) is 1. The van der Waals surface area contributed by atoms with Crippen LogP contribution in [0.2, 0.25) is 0 Å². The first kappa shape index (κ1) is 10.7. The smallest absolute Gasteiger partial charge is 0.306 e. The Hall–Kier alpha value is -1.39. The van der Waals surface area contributed by atoms with E-state index in [9.17, 15) is 4.79 Å². The Balaban J connectivity index is 1.78. The molecule has 5 heteroatoms. The van der Waals surface area contributed by atoms with Crippen LogP contribution in [-0.2, 0) is 11.8 Å². The molecule has 0 radical (unpaired) electrons. The molecule has 2 fully saturated rings. The topological polar surface area (TPSA) is 68.0 Å². The summed E-state index contributed by atoms with van der Waals surface area (Å²) in [7, 11) is 1.92. The highest BCUT2D eigenvalue weighted by molar-refractivity contribution is 5.70. The van der Waals surface area contributed by atoms with Gasteiger partial charge >= 0.3 is 5.97 Å². The Morgan fingerprint density at radius 2 is 2.00 bits per heavy atom. The summed E-state index contributed by atoms with van der Waals surface area (Å²) < 4.78 is 1.85. The van der Waals surface area contributed by atoms with E-state index in [1.165, 1.54) is 12.8 Å². The first-order valence-electron chi connectivity index (χ1n) is 6.28. The maximum absolute atomic E-state index is 10.9. The number of carboxylic acids is 1. The van der Waals surface area contributed by atoms with Crippen molar-refractivity contribution in [3.8, 4) is 0 Å². The highest BCUT2D eigenvalue weighted by Crippen LogP contribution is 2.41. The van der Waals surface area contributed by atoms with Gasteiger partial charge in [-0.2, -0.15) is 5.10 Å². The average molecular weight is 235 g/mol. The second kappa shape index (κ2) is 3.82. The lowest BCUT2D eigenvalue weighted by molar-refractivity contribution is -0.141. The van der Waals surface area contributed by atoms with Crippen molar-refractivity contribution in [2.75, 3.05) is 0 Å². The van der Waals surface area contributed by atoms with Crippen LogP contribution in [0.4, 0.5) is 0 Å². The molecule has 1 aromatic heterocycles. The lowest BCUT2D eigenvalue weighted by atomic mass is 10.0. The minimum Gasteiger partial charge on any atom is -0.481 e. The van der Waals surface area contributed by atoms with Crippen LogP contribution >= 0.6 is 0 Å². The molecule has 0 aliphatic heterocycles. The van der Waals surface area contributed by atoms with Gasteiger partial charge in [0, 0.05) is 18.9 Å². The normalized spacial score (nSPS) is 28.5. The molecule has 0 aromatic carbocycles. The standard InChI is InChI=1S/C12H17N3O2/c1-15-11(13-10(14-15)7-2-3-7)8-4-5-9(6-8)12(16)17/h7-9H,2-6H2,1H3,(H,16,17). The number of carbonyl (C=O) groups is 1. The third kappa shape index (κ3) is 1.94. The van der Waals surface area contributed by atoms with Gasteiger partial charge in [-0.05, 0) is 32.1 Å². The highest BCUT2D eigenvalue weighted by atomic mass is 16.4. The summed E-state index contributed by atoms with van der Waals surface area (Å²) in [6.45, 7) is 0. The fraction of sp³-hybridized carbons (Fsp3) is 0.750. The quantitative estimate of drug-likeness (QED) is 0.865. The van der Waals surface area contributed by atoms with Crippen LogP contribution < -0.4 is 0 Å². The highest BCUT2D eigenvalue weighted by Gasteiger charge is 2.35. The van der Waals surface area contributed by atoms with Crippen molar-refractivity contribution in [3.63, 3.8) is 0 Å². The van der Waals surface area contributed by atoms with Crippen LogP contribution in [0.5, 0.6) is 0 Å². The first-order chi connectivity index (χ1) is 8.15. The number of rotatable bonds is 3. The van der Waals surface area contributed by atoms with Gasteiger partial charge in [0.15, 0.2) is 5.82 Å². The fourth-order valence-electron chi connectivity index (χ4n) is 2.73. The maximum Gasteiger partial charge on any atom is 0.306 e. The van der Waals surface area contributed by atoms with E-state index >= 15 is 0 Å². The van der Waals surface area contributed by atoms with Crippen LogP contribution in [0.15, 0.2) is 0 Å². The van der Waals surface area contributed by atoms with Crippen molar-refractivity contribution in [3.05, 3.63) is 11.6 Å². The Bertz CT molecular complexity index is 451. The summed E-state index contributed by atoms with van der Waals surface area (Å²) in [6, 6.07) is 0. The number of hydrogen-bond acceptors (Lipinski definition) is 3. The molecule has 2 saturated carbocycles. The van der Waals surface area contributed by atoms with Gasteiger partial charge in [0.05, 0.1) is 5.92 Å². The summed E-state index contributed by atoms with van der Waals surface area (Å²) in [5.41, 5.74) is 0. The molecule has 0 bridgehead atoms. The Kier molecular flexibility index (Phi) is 2.42. The van der Waals surface area contributed by atoms with Gasteiger partial charge < -0.3 is 5.11 Å². The van der Waals surface area contributed by atoms with Crippen LogP contribution in [0, 0.1) is 5.92 Å². The van der Waals surface area contributed by atoms with E-state index in [1.54, 1.807) is 0 Å². The van der Waals surface area contributed by atoms with Gasteiger partial charge in [-0.1, -0.05) is 0 Å². The van der Waals surface area contributed by atoms with E-state index in [1.807, 2.05) is 11.7 Å². The van der Waals surface area contributed by atoms with Gasteiger partial charge in [-0.25, -0.2) is 4.98 Å². The van der Waals surface area contributed by atoms with Crippen molar-refractivity contribution < 1.29 is 9.90 Å². The molecule has 3 rings (SSSR count). The second-order valence-corrected chi connectivity index (χ2v) is 5.27. The zero-order valence-corrected chi connectivity index (χ0v) is 9.96. The largest absolute Gasteiger partial charge is 0.481 e. The Morgan fingerprint density at radius 1 is 1.29 bits per heavy atom. The molecule has 0 saturated heterocycles. The first-order valence-corrected chi connectivity index (χ1v) is 6.28. The van der Waals surface area contributed by atoms with Gasteiger partial charge in [0.1, 0.15) is 5.82 Å². The van der Waals surface area contributed by atoms with Crippen LogP contribution in [-0.4, -0.2) is 25.8 Å². The van der Waals surface area contributed by atoms with Crippen molar-refractivity contribution in [2.45, 2.75) is 43.9 Å². The minimum atomic E-state index is -0.669. The second-order valence-electron chi connectivity index (χ2n) is 5.27. The van der Waals surface area contributed by atoms with E-state index in [4.69, 9.17) is 5.11 Å². The van der Waals surface area contributed by atoms with Gasteiger partial charge in [0.2, 0.25) is 0 Å². The van der Waals surface area contributed by atoms with Gasteiger partial charge in [0.25, 0.3) is 0 Å². The predicted molar refractivity (Wildman–Crippen MR) is 60.7 cm³/mol. The molecule has 0 amide bonds. The molecular formula is C12H17N3O2. The monoisotopic (exact) mass is 235 g/mol. The van der Waals surface area contributed by atoms with Crippen LogP contribution in [0.3, 0.4) is 0 Å². The maximum atomic E-state index is 10.9. The summed E-state index contributed by atoms with van der Waals surface area (Å²) in [5, 5.41) is 13.5. The number of aromatic nitrogens is 3. The van der Waals surface area contributed by atoms with Crippen molar-refractivity contribution in [1.29, 1.82) is 0 Å². The third-order valence-corrected chi connectivity index (χ3v) is 3.90. The van der Waals surface area contributed by atoms with Crippen LogP contribution in [0.1, 0.15) is 55.6 Å². The Morgan fingerprint density at radius 3 is 2.59 bits per heavy atom. The summed E-state index contributed by atoms with van der Waals surface area (Å²) in [4.78, 5) is 15.6. The molecule has 2 atom stereocenters. The Labute approximate surface area is 99.9 Å². The van der Waals surface area contributed by atoms with Gasteiger partial charge in [-0.3, -0.25) is 9.48 Å². The van der Waals surface area contributed by atoms with E-state index < -0.39 is 5.97 Å². The van der Waals surface area contributed by atoms with Crippen LogP contribution in [0.25, 0.3) is 0 Å². The summed E-state index contributed by atoms with van der Waals surface area (Å²) in [6.07, 6.45) is 4.81. The number of aliphatic carboxylic acids is 1. The van der Waals surface area contributed by atoms with E-state index in [2.05, 4.69) is 10.1 Å². The van der Waals surface area contributed by atoms with E-state index in [-0.39, 0.29) is 11.8 Å². The minimum absolute atomic E-state index is 0.193. The molecular weight excluding hydrogens is 218 g/mol. The fourth-order valence-corrected chi connectivity index (χ4v) is 2.73. The van der Waals surface area contributed by atoms with Crippen molar-refractivity contribution in [2.24, 2.45) is 13.0 Å².